The summed E-state index contributed by atoms with van der Waals surface area (Å²) in [6.07, 6.45) is 22.5. The highest BCUT2D eigenvalue weighted by atomic mass is 31.2. The van der Waals surface area contributed by atoms with E-state index < -0.39 is 13.4 Å². The van der Waals surface area contributed by atoms with E-state index in [9.17, 15) is 14.3 Å². The summed E-state index contributed by atoms with van der Waals surface area (Å²) in [5, 5.41) is 0. The van der Waals surface area contributed by atoms with E-state index in [1.165, 1.54) is 89.9 Å². The zero-order valence-corrected chi connectivity index (χ0v) is 26.7. The number of rotatable bonds is 27. The third-order valence-electron chi connectivity index (χ3n) is 7.45. The average molecular weight is 579 g/mol. The van der Waals surface area contributed by atoms with Gasteiger partial charge in [0.25, 0.3) is 0 Å². The lowest BCUT2D eigenvalue weighted by molar-refractivity contribution is -0.870. The summed E-state index contributed by atoms with van der Waals surface area (Å²) in [6.45, 7) is 3.87. The number of nitrogens with zero attached hydrogens (tertiary/aromatic N) is 1. The van der Waals surface area contributed by atoms with Crippen LogP contribution in [-0.2, 0) is 27.9 Å². The molecule has 1 rings (SSSR count). The van der Waals surface area contributed by atoms with Gasteiger partial charge >= 0.3 is 13.8 Å². The van der Waals surface area contributed by atoms with Gasteiger partial charge in [0.15, 0.2) is 0 Å². The van der Waals surface area contributed by atoms with Gasteiger partial charge in [-0.15, -0.1) is 0 Å². The van der Waals surface area contributed by atoms with Gasteiger partial charge in [-0.3, -0.25) is 13.8 Å². The number of phosphoric ester groups is 1. The van der Waals surface area contributed by atoms with Crippen LogP contribution in [0.3, 0.4) is 0 Å². The van der Waals surface area contributed by atoms with Gasteiger partial charge in [0.1, 0.15) is 18.8 Å². The molecule has 232 valence electrons. The predicted octanol–water partition coefficient (Wildman–Crippen LogP) is 7.57. The van der Waals surface area contributed by atoms with Gasteiger partial charge in [-0.05, 0) is 6.42 Å². The molecule has 1 N–H and O–H groups in total. The van der Waals surface area contributed by atoms with Gasteiger partial charge in [-0.25, -0.2) is 4.57 Å². The molecule has 0 aliphatic carbocycles. The Morgan fingerprint density at radius 1 is 0.795 bits per heavy atom. The highest BCUT2D eigenvalue weighted by molar-refractivity contribution is 7.47. The Balaban J connectivity index is 2.04. The lowest BCUT2D eigenvalue weighted by Gasteiger charge is -2.28. The van der Waals surface area contributed by atoms with E-state index in [0.717, 1.165) is 12.8 Å². The largest absolute Gasteiger partial charge is 0.472 e. The number of carbonyl (C=O) groups is 1. The molecule has 39 heavy (non-hydrogen) atoms. The summed E-state index contributed by atoms with van der Waals surface area (Å²) in [6, 6.07) is 0. The van der Waals surface area contributed by atoms with Gasteiger partial charge in [-0.2, -0.15) is 0 Å². The molecule has 2 unspecified atom stereocenters. The molecule has 1 aliphatic rings. The zero-order valence-electron chi connectivity index (χ0n) is 25.8. The first-order valence-corrected chi connectivity index (χ1v) is 17.3. The molecule has 1 aliphatic heterocycles. The van der Waals surface area contributed by atoms with Gasteiger partial charge in [0, 0.05) is 25.9 Å². The fourth-order valence-corrected chi connectivity index (χ4v) is 5.56. The fraction of sp³-hybridized carbons (Fsp3) is 0.967. The summed E-state index contributed by atoms with van der Waals surface area (Å²) >= 11 is 0. The van der Waals surface area contributed by atoms with Crippen molar-refractivity contribution in [3.8, 4) is 0 Å². The molecule has 0 aromatic rings. The van der Waals surface area contributed by atoms with Crippen LogP contribution >= 0.6 is 7.82 Å². The van der Waals surface area contributed by atoms with Crippen LogP contribution in [0.15, 0.2) is 0 Å². The monoisotopic (exact) mass is 578 g/mol. The van der Waals surface area contributed by atoms with E-state index in [2.05, 4.69) is 6.92 Å². The second-order valence-corrected chi connectivity index (χ2v) is 13.9. The molecule has 0 amide bonds. The zero-order chi connectivity index (χ0) is 28.9. The Morgan fingerprint density at radius 3 is 1.74 bits per heavy atom. The van der Waals surface area contributed by atoms with Crippen molar-refractivity contribution in [3.05, 3.63) is 0 Å². The summed E-state index contributed by atoms with van der Waals surface area (Å²) in [5.74, 6) is -0.257. The molecule has 1 fully saturated rings. The van der Waals surface area contributed by atoms with Crippen molar-refractivity contribution in [2.45, 2.75) is 135 Å². The fourth-order valence-electron chi connectivity index (χ4n) is 4.85. The average Bonchev–Trinajstić information content (AvgIpc) is 3.22. The Labute approximate surface area is 239 Å². The molecule has 1 saturated heterocycles. The first-order valence-electron chi connectivity index (χ1n) is 15.8. The van der Waals surface area contributed by atoms with Crippen molar-refractivity contribution in [2.24, 2.45) is 0 Å². The lowest BCUT2D eigenvalue weighted by atomic mass is 9.97. The van der Waals surface area contributed by atoms with Gasteiger partial charge in [0.05, 0.1) is 34.4 Å². The number of likely N-dealkylation sites (N-methyl/N-ethyl adjacent to an activating group) is 1. The van der Waals surface area contributed by atoms with E-state index in [0.29, 0.717) is 43.5 Å². The van der Waals surface area contributed by atoms with E-state index >= 15 is 0 Å². The van der Waals surface area contributed by atoms with Crippen LogP contribution in [0.25, 0.3) is 0 Å². The van der Waals surface area contributed by atoms with Crippen molar-refractivity contribution in [1.82, 2.24) is 0 Å². The number of hydrogen-bond acceptors (Lipinski definition) is 6. The Kier molecular flexibility index (Phi) is 19.9. The first kappa shape index (κ1) is 36.5. The molecule has 2 atom stereocenters. The SMILES string of the molecule is CCCCCCCCCCCCCCCCCCOCC1(CCOP(=O)(O)OCC[N+](C)(C)C)CCC(=O)O1. The van der Waals surface area contributed by atoms with Crippen LogP contribution in [-0.4, -0.2) is 75.1 Å². The second kappa shape index (κ2) is 21.2. The second-order valence-electron chi connectivity index (χ2n) is 12.4. The minimum absolute atomic E-state index is 0.0339. The third kappa shape index (κ3) is 20.9. The lowest BCUT2D eigenvalue weighted by Crippen LogP contribution is -2.37. The van der Waals surface area contributed by atoms with Crippen LogP contribution < -0.4 is 0 Å². The van der Waals surface area contributed by atoms with Crippen LogP contribution in [0, 0.1) is 0 Å². The van der Waals surface area contributed by atoms with Crippen molar-refractivity contribution in [2.75, 3.05) is 54.1 Å². The molecule has 9 heteroatoms. The molecule has 0 aromatic heterocycles. The molecule has 1 heterocycles. The van der Waals surface area contributed by atoms with E-state index in [1.807, 2.05) is 21.1 Å². The third-order valence-corrected chi connectivity index (χ3v) is 8.47. The topological polar surface area (TPSA) is 91.3 Å². The number of esters is 1. The van der Waals surface area contributed by atoms with E-state index in [1.54, 1.807) is 0 Å². The maximum absolute atomic E-state index is 12.1. The van der Waals surface area contributed by atoms with Gasteiger partial charge in [-0.1, -0.05) is 103 Å². The molecule has 0 bridgehead atoms. The maximum Gasteiger partial charge on any atom is 0.472 e. The summed E-state index contributed by atoms with van der Waals surface area (Å²) in [4.78, 5) is 21.7. The summed E-state index contributed by atoms with van der Waals surface area (Å²) in [5.41, 5.74) is -0.783. The van der Waals surface area contributed by atoms with E-state index in [4.69, 9.17) is 18.5 Å². The Morgan fingerprint density at radius 2 is 1.28 bits per heavy atom. The van der Waals surface area contributed by atoms with Crippen molar-refractivity contribution >= 4 is 13.8 Å². The molecule has 0 aromatic carbocycles. The molecular formula is C30H61NO7P+. The predicted molar refractivity (Wildman–Crippen MR) is 158 cm³/mol. The Bertz CT molecular complexity index is 670. The molecular weight excluding hydrogens is 517 g/mol. The number of quaternary nitrogens is 1. The molecule has 8 nitrogen and oxygen atoms in total. The summed E-state index contributed by atoms with van der Waals surface area (Å²) < 4.78 is 34.4. The minimum atomic E-state index is -4.14. The van der Waals surface area contributed by atoms with Crippen LogP contribution in [0.5, 0.6) is 0 Å². The first-order chi connectivity index (χ1) is 18.6. The maximum atomic E-state index is 12.1. The number of unbranched alkanes of at least 4 members (excludes halogenated alkanes) is 15. The quantitative estimate of drug-likeness (QED) is 0.0465. The van der Waals surface area contributed by atoms with Crippen molar-refractivity contribution in [1.29, 1.82) is 0 Å². The van der Waals surface area contributed by atoms with Gasteiger partial charge < -0.3 is 18.9 Å². The van der Waals surface area contributed by atoms with Crippen molar-refractivity contribution < 1.29 is 37.3 Å². The normalized spacial score (nSPS) is 19.4. The van der Waals surface area contributed by atoms with Crippen LogP contribution in [0.1, 0.15) is 129 Å². The minimum Gasteiger partial charge on any atom is -0.456 e. The number of carbonyl (C=O) groups excluding carboxylic acids is 1. The highest BCUT2D eigenvalue weighted by Gasteiger charge is 2.41. The highest BCUT2D eigenvalue weighted by Crippen LogP contribution is 2.44. The summed E-state index contributed by atoms with van der Waals surface area (Å²) in [7, 11) is 1.79. The standard InChI is InChI=1S/C30H60NO7P/c1-5-6-7-8-9-10-11-12-13-14-15-16-17-18-19-20-25-35-28-30(22-21-29(32)38-30)23-26-36-39(33,34)37-27-24-31(2,3)4/h5-28H2,1-4H3/p+1. The van der Waals surface area contributed by atoms with Gasteiger partial charge in [0.2, 0.25) is 0 Å². The number of hydrogen-bond donors (Lipinski definition) is 1. The van der Waals surface area contributed by atoms with E-state index in [-0.39, 0.29) is 19.2 Å². The number of ether oxygens (including phenoxy) is 2. The van der Waals surface area contributed by atoms with Crippen molar-refractivity contribution in [3.63, 3.8) is 0 Å². The smallest absolute Gasteiger partial charge is 0.456 e. The Hall–Kier alpha value is -0.500. The van der Waals surface area contributed by atoms with Crippen LogP contribution in [0.4, 0.5) is 0 Å². The number of phosphoric acid groups is 1. The number of cyclic esters (lactones) is 1. The van der Waals surface area contributed by atoms with Crippen LogP contribution in [0.2, 0.25) is 0 Å². The molecule has 0 radical (unpaired) electrons. The molecule has 0 saturated carbocycles. The molecule has 0 spiro atoms.